The minimum atomic E-state index is -0.591. The predicted octanol–water partition coefficient (Wildman–Crippen LogP) is 2.02. The molecule has 0 saturated carbocycles. The van der Waals surface area contributed by atoms with E-state index in [0.717, 1.165) is 11.3 Å². The van der Waals surface area contributed by atoms with Gasteiger partial charge in [0.2, 0.25) is 5.91 Å². The van der Waals surface area contributed by atoms with Crippen molar-refractivity contribution in [1.82, 2.24) is 10.8 Å². The molecule has 0 unspecified atom stereocenters. The third-order valence-electron chi connectivity index (χ3n) is 3.41. The molecule has 2 aromatic carbocycles. The molecule has 0 saturated heterocycles. The van der Waals surface area contributed by atoms with Crippen LogP contribution in [0.15, 0.2) is 54.6 Å². The van der Waals surface area contributed by atoms with Crippen molar-refractivity contribution in [3.8, 4) is 11.5 Å². The van der Waals surface area contributed by atoms with Crippen LogP contribution in [0.4, 0.5) is 0 Å². The first-order valence-corrected chi connectivity index (χ1v) is 7.89. The van der Waals surface area contributed by atoms with Crippen molar-refractivity contribution in [1.29, 1.82) is 0 Å². The van der Waals surface area contributed by atoms with Crippen LogP contribution in [0.25, 0.3) is 6.08 Å². The van der Waals surface area contributed by atoms with Gasteiger partial charge in [-0.15, -0.1) is 0 Å². The second-order valence-electron chi connectivity index (χ2n) is 5.21. The molecule has 136 valence electrons. The van der Waals surface area contributed by atoms with Gasteiger partial charge in [-0.25, -0.2) is 5.48 Å². The normalized spacial score (nSPS) is 10.4. The van der Waals surface area contributed by atoms with E-state index in [4.69, 9.17) is 14.7 Å². The molecule has 0 aliphatic carbocycles. The molecule has 0 aromatic heterocycles. The molecule has 0 bridgehead atoms. The van der Waals surface area contributed by atoms with Gasteiger partial charge in [0.25, 0.3) is 5.91 Å². The molecular formula is C19H20N2O5. The second-order valence-corrected chi connectivity index (χ2v) is 5.21. The summed E-state index contributed by atoms with van der Waals surface area (Å²) < 4.78 is 10.6. The molecule has 7 heteroatoms. The van der Waals surface area contributed by atoms with Crippen LogP contribution < -0.4 is 20.3 Å². The third kappa shape index (κ3) is 5.95. The number of carbonyl (C=O) groups excluding carboxylic acids is 2. The molecule has 0 fully saturated rings. The molecule has 0 aliphatic rings. The van der Waals surface area contributed by atoms with Crippen molar-refractivity contribution in [2.24, 2.45) is 0 Å². The smallest absolute Gasteiger partial charge is 0.274 e. The average Bonchev–Trinajstić information content (AvgIpc) is 2.69. The number of hydrogen-bond acceptors (Lipinski definition) is 5. The summed E-state index contributed by atoms with van der Waals surface area (Å²) in [5, 5.41) is 11.3. The van der Waals surface area contributed by atoms with Crippen molar-refractivity contribution in [2.45, 2.75) is 0 Å². The van der Waals surface area contributed by atoms with E-state index in [1.54, 1.807) is 30.8 Å². The number of hydroxylamine groups is 1. The van der Waals surface area contributed by atoms with E-state index in [9.17, 15) is 9.59 Å². The molecule has 3 N–H and O–H groups in total. The zero-order valence-electron chi connectivity index (χ0n) is 14.3. The van der Waals surface area contributed by atoms with E-state index in [1.807, 2.05) is 24.3 Å². The van der Waals surface area contributed by atoms with Gasteiger partial charge in [0, 0.05) is 11.6 Å². The molecule has 2 aromatic rings. The van der Waals surface area contributed by atoms with Gasteiger partial charge in [-0.2, -0.15) is 0 Å². The predicted molar refractivity (Wildman–Crippen MR) is 96.2 cm³/mol. The molecule has 0 spiro atoms. The first-order valence-electron chi connectivity index (χ1n) is 7.89. The largest absolute Gasteiger partial charge is 0.497 e. The summed E-state index contributed by atoms with van der Waals surface area (Å²) in [7, 11) is 1.59. The lowest BCUT2D eigenvalue weighted by Crippen LogP contribution is -2.26. The van der Waals surface area contributed by atoms with Crippen LogP contribution >= 0.6 is 0 Å². The number of nitrogens with one attached hydrogen (secondary N) is 2. The van der Waals surface area contributed by atoms with Crippen LogP contribution in [0.5, 0.6) is 11.5 Å². The molecule has 2 rings (SSSR count). The van der Waals surface area contributed by atoms with Crippen LogP contribution in [0.1, 0.15) is 15.9 Å². The molecular weight excluding hydrogens is 336 g/mol. The van der Waals surface area contributed by atoms with Gasteiger partial charge < -0.3 is 14.8 Å². The SMILES string of the molecule is COc1cccc(C=CC(=O)NCCOc2ccc(C(=O)NO)cc2)c1. The molecule has 2 amide bonds. The van der Waals surface area contributed by atoms with E-state index in [2.05, 4.69) is 5.32 Å². The fraction of sp³-hybridized carbons (Fsp3) is 0.158. The number of ether oxygens (including phenoxy) is 2. The molecule has 7 nitrogen and oxygen atoms in total. The number of carbonyl (C=O) groups is 2. The van der Waals surface area contributed by atoms with Crippen molar-refractivity contribution in [2.75, 3.05) is 20.3 Å². The van der Waals surface area contributed by atoms with Gasteiger partial charge in [0.1, 0.15) is 18.1 Å². The lowest BCUT2D eigenvalue weighted by Gasteiger charge is -2.07. The van der Waals surface area contributed by atoms with Gasteiger partial charge >= 0.3 is 0 Å². The molecule has 26 heavy (non-hydrogen) atoms. The highest BCUT2D eigenvalue weighted by Gasteiger charge is 2.03. The molecule has 0 heterocycles. The van der Waals surface area contributed by atoms with Crippen molar-refractivity contribution >= 4 is 17.9 Å². The van der Waals surface area contributed by atoms with Crippen molar-refractivity contribution in [3.63, 3.8) is 0 Å². The second kappa shape index (κ2) is 9.85. The third-order valence-corrected chi connectivity index (χ3v) is 3.41. The van der Waals surface area contributed by atoms with Crippen LogP contribution in [-0.2, 0) is 4.79 Å². The highest BCUT2D eigenvalue weighted by Crippen LogP contribution is 2.13. The Labute approximate surface area is 151 Å². The Morgan fingerprint density at radius 1 is 1.12 bits per heavy atom. The average molecular weight is 356 g/mol. The van der Waals surface area contributed by atoms with Gasteiger partial charge in [-0.1, -0.05) is 12.1 Å². The van der Waals surface area contributed by atoms with Gasteiger partial charge in [0.05, 0.1) is 13.7 Å². The van der Waals surface area contributed by atoms with E-state index >= 15 is 0 Å². The van der Waals surface area contributed by atoms with E-state index in [-0.39, 0.29) is 12.5 Å². The summed E-state index contributed by atoms with van der Waals surface area (Å²) in [6, 6.07) is 13.6. The van der Waals surface area contributed by atoms with Crippen LogP contribution in [-0.4, -0.2) is 37.3 Å². The van der Waals surface area contributed by atoms with Gasteiger partial charge in [-0.3, -0.25) is 14.8 Å². The Kier molecular flexibility index (Phi) is 7.20. The number of amides is 2. The topological polar surface area (TPSA) is 96.9 Å². The van der Waals surface area contributed by atoms with E-state index in [0.29, 0.717) is 17.9 Å². The molecule has 0 aliphatic heterocycles. The minimum Gasteiger partial charge on any atom is -0.497 e. The van der Waals surface area contributed by atoms with Crippen molar-refractivity contribution < 1.29 is 24.3 Å². The fourth-order valence-corrected chi connectivity index (χ4v) is 2.09. The Bertz CT molecular complexity index is 772. The Morgan fingerprint density at radius 2 is 1.88 bits per heavy atom. The summed E-state index contributed by atoms with van der Waals surface area (Å²) >= 11 is 0. The zero-order valence-corrected chi connectivity index (χ0v) is 14.3. The van der Waals surface area contributed by atoms with Crippen molar-refractivity contribution in [3.05, 3.63) is 65.7 Å². The maximum atomic E-state index is 11.8. The monoisotopic (exact) mass is 356 g/mol. The Morgan fingerprint density at radius 3 is 2.58 bits per heavy atom. The molecule has 0 radical (unpaired) electrons. The van der Waals surface area contributed by atoms with E-state index in [1.165, 1.54) is 18.2 Å². The summed E-state index contributed by atoms with van der Waals surface area (Å²) in [5.74, 6) is 0.460. The number of benzene rings is 2. The first-order chi connectivity index (χ1) is 12.6. The lowest BCUT2D eigenvalue weighted by atomic mass is 10.2. The molecule has 0 atom stereocenters. The van der Waals surface area contributed by atoms with Crippen LogP contribution in [0, 0.1) is 0 Å². The Hall–Kier alpha value is -3.32. The number of rotatable bonds is 8. The lowest BCUT2D eigenvalue weighted by molar-refractivity contribution is -0.116. The maximum Gasteiger partial charge on any atom is 0.274 e. The first kappa shape index (κ1) is 19.0. The number of hydrogen-bond donors (Lipinski definition) is 3. The van der Waals surface area contributed by atoms with Gasteiger partial charge in [-0.05, 0) is 48.0 Å². The quantitative estimate of drug-likeness (QED) is 0.291. The van der Waals surface area contributed by atoms with E-state index < -0.39 is 5.91 Å². The summed E-state index contributed by atoms with van der Waals surface area (Å²) in [6.45, 7) is 0.616. The zero-order chi connectivity index (χ0) is 18.8. The van der Waals surface area contributed by atoms with Crippen LogP contribution in [0.3, 0.4) is 0 Å². The minimum absolute atomic E-state index is 0.230. The fourth-order valence-electron chi connectivity index (χ4n) is 2.09. The summed E-state index contributed by atoms with van der Waals surface area (Å²) in [5.41, 5.74) is 2.73. The van der Waals surface area contributed by atoms with Gasteiger partial charge in [0.15, 0.2) is 0 Å². The summed E-state index contributed by atoms with van der Waals surface area (Å²) in [4.78, 5) is 23.0. The highest BCUT2D eigenvalue weighted by molar-refractivity contribution is 5.93. The Balaban J connectivity index is 1.72. The highest BCUT2D eigenvalue weighted by atomic mass is 16.5. The standard InChI is InChI=1S/C19H20N2O5/c1-25-17-4-2-3-14(13-17)5-10-18(22)20-11-12-26-16-8-6-15(7-9-16)19(23)21-24/h2-10,13,24H,11-12H2,1H3,(H,20,22)(H,21,23). The number of methoxy groups -OCH3 is 1. The summed E-state index contributed by atoms with van der Waals surface area (Å²) in [6.07, 6.45) is 3.14. The van der Waals surface area contributed by atoms with Crippen LogP contribution in [0.2, 0.25) is 0 Å². The maximum absolute atomic E-state index is 11.8.